The minimum atomic E-state index is -3.79. The first-order chi connectivity index (χ1) is 12.8. The van der Waals surface area contributed by atoms with E-state index < -0.39 is 20.9 Å². The molecule has 1 aromatic rings. The van der Waals surface area contributed by atoms with E-state index in [0.717, 1.165) is 6.54 Å². The Hall–Kier alpha value is -1.75. The lowest BCUT2D eigenvalue weighted by Crippen LogP contribution is -2.47. The van der Waals surface area contributed by atoms with E-state index in [1.807, 2.05) is 13.8 Å². The fourth-order valence-electron chi connectivity index (χ4n) is 3.08. The summed E-state index contributed by atoms with van der Waals surface area (Å²) in [6.07, 6.45) is 1.22. The topological polar surface area (TPSA) is 122 Å². The van der Waals surface area contributed by atoms with Gasteiger partial charge in [-0.2, -0.15) is 4.31 Å². The van der Waals surface area contributed by atoms with Crippen LogP contribution in [0.3, 0.4) is 0 Å². The molecular formula is C17H27ClN4O5S. The summed E-state index contributed by atoms with van der Waals surface area (Å²) in [5, 5.41) is 16.8. The van der Waals surface area contributed by atoms with Gasteiger partial charge in [-0.3, -0.25) is 14.9 Å². The molecule has 2 atom stereocenters. The van der Waals surface area contributed by atoms with Crippen molar-refractivity contribution in [1.29, 1.82) is 0 Å². The van der Waals surface area contributed by atoms with Crippen molar-refractivity contribution < 1.29 is 18.1 Å². The van der Waals surface area contributed by atoms with Crippen LogP contribution in [0.5, 0.6) is 0 Å². The lowest BCUT2D eigenvalue weighted by atomic mass is 9.99. The first-order valence-electron chi connectivity index (χ1n) is 9.01. The van der Waals surface area contributed by atoms with Gasteiger partial charge in [0.25, 0.3) is 5.69 Å². The molecule has 0 radical (unpaired) electrons. The van der Waals surface area contributed by atoms with Crippen LogP contribution in [0.25, 0.3) is 0 Å². The Bertz CT molecular complexity index is 772. The second kappa shape index (κ2) is 10.7. The summed E-state index contributed by atoms with van der Waals surface area (Å²) in [4.78, 5) is 22.5. The van der Waals surface area contributed by atoms with E-state index in [-0.39, 0.29) is 41.5 Å². The number of piperidine rings is 1. The number of rotatable bonds is 8. The van der Waals surface area contributed by atoms with E-state index in [1.54, 1.807) is 0 Å². The molecule has 0 spiro atoms. The zero-order valence-corrected chi connectivity index (χ0v) is 17.6. The first kappa shape index (κ1) is 24.3. The smallest absolute Gasteiger partial charge is 0.269 e. The van der Waals surface area contributed by atoms with Crippen molar-refractivity contribution in [3.63, 3.8) is 0 Å². The van der Waals surface area contributed by atoms with Crippen molar-refractivity contribution in [3.05, 3.63) is 34.4 Å². The minimum absolute atomic E-state index is 0. The summed E-state index contributed by atoms with van der Waals surface area (Å²) in [7, 11) is -3.79. The van der Waals surface area contributed by atoms with E-state index in [9.17, 15) is 23.3 Å². The SMILES string of the molecule is CCN[C@H](C)CNC(=O)C1CCCN(S(=O)(=O)c2ccc([N+](=O)[O-])cc2)C1.Cl. The number of amides is 1. The van der Waals surface area contributed by atoms with Crippen LogP contribution in [0.2, 0.25) is 0 Å². The summed E-state index contributed by atoms with van der Waals surface area (Å²) in [5.41, 5.74) is -0.167. The molecule has 2 N–H and O–H groups in total. The Morgan fingerprint density at radius 3 is 2.57 bits per heavy atom. The molecular weight excluding hydrogens is 408 g/mol. The number of carbonyl (C=O) groups excluding carboxylic acids is 1. The largest absolute Gasteiger partial charge is 0.354 e. The predicted octanol–water partition coefficient (Wildman–Crippen LogP) is 1.53. The number of nitro benzene ring substituents is 1. The molecule has 1 aliphatic rings. The molecule has 1 aliphatic heterocycles. The molecule has 1 aromatic carbocycles. The molecule has 0 bridgehead atoms. The van der Waals surface area contributed by atoms with Crippen LogP contribution >= 0.6 is 12.4 Å². The Morgan fingerprint density at radius 1 is 1.36 bits per heavy atom. The van der Waals surface area contributed by atoms with Gasteiger partial charge in [-0.25, -0.2) is 8.42 Å². The van der Waals surface area contributed by atoms with Crippen LogP contribution in [0, 0.1) is 16.0 Å². The minimum Gasteiger partial charge on any atom is -0.354 e. The van der Waals surface area contributed by atoms with Crippen molar-refractivity contribution in [2.75, 3.05) is 26.2 Å². The maximum atomic E-state index is 12.8. The molecule has 1 amide bonds. The van der Waals surface area contributed by atoms with Gasteiger partial charge in [-0.05, 0) is 38.4 Å². The molecule has 1 unspecified atom stereocenters. The highest BCUT2D eigenvalue weighted by Crippen LogP contribution is 2.25. The van der Waals surface area contributed by atoms with Crippen LogP contribution in [0.1, 0.15) is 26.7 Å². The van der Waals surface area contributed by atoms with Crippen LogP contribution in [-0.2, 0) is 14.8 Å². The summed E-state index contributed by atoms with van der Waals surface area (Å²) >= 11 is 0. The molecule has 0 aliphatic carbocycles. The Kier molecular flexibility index (Phi) is 9.28. The summed E-state index contributed by atoms with van der Waals surface area (Å²) < 4.78 is 26.9. The monoisotopic (exact) mass is 434 g/mol. The van der Waals surface area contributed by atoms with Gasteiger partial charge in [0.05, 0.1) is 15.7 Å². The van der Waals surface area contributed by atoms with Crippen LogP contribution in [0.15, 0.2) is 29.2 Å². The van der Waals surface area contributed by atoms with Crippen molar-refractivity contribution in [2.24, 2.45) is 5.92 Å². The number of benzene rings is 1. The quantitative estimate of drug-likeness (QED) is 0.472. The van der Waals surface area contributed by atoms with Crippen LogP contribution in [0.4, 0.5) is 5.69 Å². The van der Waals surface area contributed by atoms with E-state index in [4.69, 9.17) is 0 Å². The van der Waals surface area contributed by atoms with E-state index in [0.29, 0.717) is 25.9 Å². The zero-order chi connectivity index (χ0) is 20.0. The first-order valence-corrected chi connectivity index (χ1v) is 10.5. The highest BCUT2D eigenvalue weighted by atomic mass is 35.5. The van der Waals surface area contributed by atoms with E-state index in [2.05, 4.69) is 10.6 Å². The number of nitro groups is 1. The summed E-state index contributed by atoms with van der Waals surface area (Å²) in [6.45, 7) is 5.69. The van der Waals surface area contributed by atoms with E-state index >= 15 is 0 Å². The van der Waals surface area contributed by atoms with Crippen molar-refractivity contribution in [1.82, 2.24) is 14.9 Å². The molecule has 1 saturated heterocycles. The standard InChI is InChI=1S/C17H26N4O5S.ClH/c1-3-18-13(2)11-19-17(22)14-5-4-10-20(12-14)27(25,26)16-8-6-15(7-9-16)21(23)24;/h6-9,13-14,18H,3-5,10-12H2,1-2H3,(H,19,22);1H/t13-,14?;/m1./s1. The molecule has 2 rings (SSSR count). The number of halogens is 1. The lowest BCUT2D eigenvalue weighted by Gasteiger charge is -2.31. The van der Waals surface area contributed by atoms with Crippen LogP contribution in [-0.4, -0.2) is 55.8 Å². The highest BCUT2D eigenvalue weighted by molar-refractivity contribution is 7.89. The van der Waals surface area contributed by atoms with Gasteiger partial charge < -0.3 is 10.6 Å². The molecule has 0 aromatic heterocycles. The van der Waals surface area contributed by atoms with Gasteiger partial charge in [0.15, 0.2) is 0 Å². The van der Waals surface area contributed by atoms with Gasteiger partial charge in [0.2, 0.25) is 15.9 Å². The molecule has 1 fully saturated rings. The van der Waals surface area contributed by atoms with Crippen LogP contribution < -0.4 is 10.6 Å². The maximum absolute atomic E-state index is 12.8. The average Bonchev–Trinajstić information content (AvgIpc) is 2.66. The number of nitrogens with one attached hydrogen (secondary N) is 2. The van der Waals surface area contributed by atoms with Crippen molar-refractivity contribution in [2.45, 2.75) is 37.6 Å². The fraction of sp³-hybridized carbons (Fsp3) is 0.588. The van der Waals surface area contributed by atoms with Gasteiger partial charge >= 0.3 is 0 Å². The summed E-state index contributed by atoms with van der Waals surface area (Å²) in [5.74, 6) is -0.552. The second-order valence-electron chi connectivity index (χ2n) is 6.66. The van der Waals surface area contributed by atoms with Gasteiger partial charge in [-0.15, -0.1) is 12.4 Å². The number of sulfonamides is 1. The second-order valence-corrected chi connectivity index (χ2v) is 8.60. The fourth-order valence-corrected chi connectivity index (χ4v) is 4.61. The third-order valence-corrected chi connectivity index (χ3v) is 6.45. The molecule has 0 saturated carbocycles. The molecule has 158 valence electrons. The highest BCUT2D eigenvalue weighted by Gasteiger charge is 2.33. The van der Waals surface area contributed by atoms with Gasteiger partial charge in [0.1, 0.15) is 0 Å². The molecule has 28 heavy (non-hydrogen) atoms. The predicted molar refractivity (Wildman–Crippen MR) is 108 cm³/mol. The number of hydrogen-bond donors (Lipinski definition) is 2. The number of likely N-dealkylation sites (N-methyl/N-ethyl adjacent to an activating group) is 1. The van der Waals surface area contributed by atoms with Crippen molar-refractivity contribution in [3.8, 4) is 0 Å². The third-order valence-electron chi connectivity index (χ3n) is 4.58. The third kappa shape index (κ3) is 6.13. The molecule has 11 heteroatoms. The van der Waals surface area contributed by atoms with Gasteiger partial charge in [-0.1, -0.05) is 6.92 Å². The number of carbonyl (C=O) groups is 1. The maximum Gasteiger partial charge on any atom is 0.269 e. The number of non-ortho nitro benzene ring substituents is 1. The molecule has 9 nitrogen and oxygen atoms in total. The molecule has 1 heterocycles. The Balaban J connectivity index is 0.00000392. The Morgan fingerprint density at radius 2 is 2.00 bits per heavy atom. The van der Waals surface area contributed by atoms with E-state index in [1.165, 1.54) is 28.6 Å². The lowest BCUT2D eigenvalue weighted by molar-refractivity contribution is -0.384. The normalized spacial score (nSPS) is 18.7. The van der Waals surface area contributed by atoms with Crippen molar-refractivity contribution >= 4 is 34.0 Å². The summed E-state index contributed by atoms with van der Waals surface area (Å²) in [6, 6.07) is 4.94. The number of nitrogens with zero attached hydrogens (tertiary/aromatic N) is 2. The number of hydrogen-bond acceptors (Lipinski definition) is 6. The Labute approximate surface area is 171 Å². The van der Waals surface area contributed by atoms with Gasteiger partial charge in [0, 0.05) is 37.8 Å². The average molecular weight is 435 g/mol. The zero-order valence-electron chi connectivity index (χ0n) is 16.0.